The molecule has 0 bridgehead atoms. The molecular formula is C20H19F3N6O3. The van der Waals surface area contributed by atoms with Gasteiger partial charge in [0.05, 0.1) is 48.8 Å². The number of benzene rings is 1. The number of carbonyl (C=O) groups excluding carboxylic acids is 2. The lowest BCUT2D eigenvalue weighted by Gasteiger charge is -2.35. The maximum Gasteiger partial charge on any atom is 0.322 e. The zero-order valence-corrected chi connectivity index (χ0v) is 17.1. The van der Waals surface area contributed by atoms with Crippen LogP contribution in [0.3, 0.4) is 0 Å². The van der Waals surface area contributed by atoms with E-state index in [1.54, 1.807) is 18.5 Å². The number of anilines is 2. The van der Waals surface area contributed by atoms with Crippen LogP contribution in [0.25, 0.3) is 0 Å². The molecular weight excluding hydrogens is 429 g/mol. The Morgan fingerprint density at radius 1 is 1.28 bits per heavy atom. The van der Waals surface area contributed by atoms with E-state index in [1.165, 1.54) is 16.0 Å². The van der Waals surface area contributed by atoms with Crippen LogP contribution in [0, 0.1) is 34.7 Å². The Kier molecular flexibility index (Phi) is 5.29. The van der Waals surface area contributed by atoms with E-state index in [0.717, 1.165) is 0 Å². The molecule has 1 fully saturated rings. The van der Waals surface area contributed by atoms with E-state index >= 15 is 0 Å². The third kappa shape index (κ3) is 3.34. The average molecular weight is 448 g/mol. The van der Waals surface area contributed by atoms with Gasteiger partial charge in [0.25, 0.3) is 5.91 Å². The minimum absolute atomic E-state index is 0.00168. The Hall–Kier alpha value is -3.59. The number of fused-ring (bicyclic) bond motifs is 1. The van der Waals surface area contributed by atoms with Crippen molar-refractivity contribution in [1.82, 2.24) is 14.7 Å². The highest BCUT2D eigenvalue weighted by Crippen LogP contribution is 2.35. The molecule has 0 saturated carbocycles. The number of aliphatic hydroxyl groups excluding tert-OH is 1. The molecule has 1 aromatic heterocycles. The summed E-state index contributed by atoms with van der Waals surface area (Å²) < 4.78 is 41.8. The van der Waals surface area contributed by atoms with Crippen molar-refractivity contribution in [3.8, 4) is 6.07 Å². The fourth-order valence-corrected chi connectivity index (χ4v) is 4.12. The molecule has 12 heteroatoms. The van der Waals surface area contributed by atoms with E-state index in [4.69, 9.17) is 0 Å². The van der Waals surface area contributed by atoms with Gasteiger partial charge in [-0.05, 0) is 13.8 Å². The number of hydrogen-bond acceptors (Lipinski definition) is 5. The van der Waals surface area contributed by atoms with E-state index < -0.39 is 47.5 Å². The van der Waals surface area contributed by atoms with Gasteiger partial charge >= 0.3 is 6.03 Å². The van der Waals surface area contributed by atoms with Crippen LogP contribution in [0.15, 0.2) is 18.3 Å². The molecule has 32 heavy (non-hydrogen) atoms. The van der Waals surface area contributed by atoms with Crippen LogP contribution in [0.2, 0.25) is 0 Å². The Labute approximate surface area is 180 Å². The SMILES string of the molecule is C[C@H]1Cn2ncc(N3C(=O)[C@H](O)[C@H](C#N)[C@@H]3C)c2CN1C(=O)Nc1cc(F)c(F)c(F)c1. The van der Waals surface area contributed by atoms with Crippen LogP contribution < -0.4 is 10.2 Å². The third-order valence-electron chi connectivity index (χ3n) is 5.88. The first kappa shape index (κ1) is 21.6. The van der Waals surface area contributed by atoms with Gasteiger partial charge in [0.15, 0.2) is 23.6 Å². The molecule has 0 aliphatic carbocycles. The fourth-order valence-electron chi connectivity index (χ4n) is 4.12. The third-order valence-corrected chi connectivity index (χ3v) is 5.88. The van der Waals surface area contributed by atoms with E-state index in [-0.39, 0.29) is 24.8 Å². The summed E-state index contributed by atoms with van der Waals surface area (Å²) in [5.74, 6) is -6.04. The number of nitriles is 1. The minimum Gasteiger partial charge on any atom is -0.382 e. The standard InChI is InChI=1S/C20H19F3N6O3/c1-9-7-28-16(15(6-25-28)29-10(2)12(5-24)18(30)19(29)31)8-27(9)20(32)26-11-3-13(21)17(23)14(22)4-11/h3-4,6,9-10,12,18,30H,7-8H2,1-2H3,(H,26,32)/t9-,10-,12+,18+/m0/s1. The number of rotatable bonds is 2. The van der Waals surface area contributed by atoms with Gasteiger partial charge in [-0.15, -0.1) is 0 Å². The summed E-state index contributed by atoms with van der Waals surface area (Å²) in [6.45, 7) is 3.66. The summed E-state index contributed by atoms with van der Waals surface area (Å²) in [5, 5.41) is 26.0. The summed E-state index contributed by atoms with van der Waals surface area (Å²) in [4.78, 5) is 28.1. The Morgan fingerprint density at radius 3 is 2.53 bits per heavy atom. The highest BCUT2D eigenvalue weighted by atomic mass is 19.2. The van der Waals surface area contributed by atoms with Gasteiger partial charge in [0.1, 0.15) is 5.92 Å². The first-order valence-corrected chi connectivity index (χ1v) is 9.81. The number of aromatic nitrogens is 2. The zero-order valence-electron chi connectivity index (χ0n) is 17.1. The molecule has 3 amide bonds. The largest absolute Gasteiger partial charge is 0.382 e. The Bertz CT molecular complexity index is 1120. The highest BCUT2D eigenvalue weighted by molar-refractivity contribution is 6.00. The molecule has 0 spiro atoms. The smallest absolute Gasteiger partial charge is 0.322 e. The van der Waals surface area contributed by atoms with Crippen molar-refractivity contribution in [2.75, 3.05) is 10.2 Å². The number of carbonyl (C=O) groups is 2. The second kappa shape index (κ2) is 7.83. The van der Waals surface area contributed by atoms with E-state index in [9.17, 15) is 33.1 Å². The molecule has 0 unspecified atom stereocenters. The molecule has 3 heterocycles. The fraction of sp³-hybridized carbons (Fsp3) is 0.400. The van der Waals surface area contributed by atoms with Crippen LogP contribution in [0.4, 0.5) is 29.3 Å². The number of amides is 3. The maximum absolute atomic E-state index is 13.5. The number of nitrogens with one attached hydrogen (secondary N) is 1. The van der Waals surface area contributed by atoms with Crippen molar-refractivity contribution in [2.24, 2.45) is 5.92 Å². The van der Waals surface area contributed by atoms with Crippen molar-refractivity contribution < 1.29 is 27.9 Å². The predicted molar refractivity (Wildman–Crippen MR) is 105 cm³/mol. The van der Waals surface area contributed by atoms with Gasteiger partial charge in [-0.2, -0.15) is 10.4 Å². The van der Waals surface area contributed by atoms with E-state index in [2.05, 4.69) is 10.4 Å². The summed E-state index contributed by atoms with van der Waals surface area (Å²) in [7, 11) is 0. The summed E-state index contributed by atoms with van der Waals surface area (Å²) in [6.07, 6.45) is -0.0227. The quantitative estimate of drug-likeness (QED) is 0.682. The minimum atomic E-state index is -1.63. The molecule has 1 aromatic carbocycles. The van der Waals surface area contributed by atoms with Crippen molar-refractivity contribution in [3.05, 3.63) is 41.5 Å². The van der Waals surface area contributed by atoms with Gasteiger partial charge in [-0.25, -0.2) is 18.0 Å². The van der Waals surface area contributed by atoms with Crippen LogP contribution in [-0.2, 0) is 17.9 Å². The topological polar surface area (TPSA) is 114 Å². The van der Waals surface area contributed by atoms with Gasteiger partial charge in [0, 0.05) is 17.8 Å². The second-order valence-corrected chi connectivity index (χ2v) is 7.87. The van der Waals surface area contributed by atoms with E-state index in [1.807, 2.05) is 6.07 Å². The number of halogens is 3. The Balaban J connectivity index is 1.60. The number of aliphatic hydroxyl groups is 1. The molecule has 2 aromatic rings. The monoisotopic (exact) mass is 448 g/mol. The lowest BCUT2D eigenvalue weighted by Crippen LogP contribution is -2.47. The maximum atomic E-state index is 13.5. The summed E-state index contributed by atoms with van der Waals surface area (Å²) >= 11 is 0. The normalized spacial score (nSPS) is 25.0. The molecule has 2 N–H and O–H groups in total. The van der Waals surface area contributed by atoms with Gasteiger partial charge in [-0.3, -0.25) is 9.48 Å². The molecule has 4 atom stereocenters. The average Bonchev–Trinajstić information content (AvgIpc) is 3.22. The van der Waals surface area contributed by atoms with Crippen molar-refractivity contribution in [3.63, 3.8) is 0 Å². The number of nitrogens with zero attached hydrogens (tertiary/aromatic N) is 5. The molecule has 2 aliphatic rings. The number of urea groups is 1. The van der Waals surface area contributed by atoms with Crippen molar-refractivity contribution >= 4 is 23.3 Å². The molecule has 9 nitrogen and oxygen atoms in total. The lowest BCUT2D eigenvalue weighted by molar-refractivity contribution is -0.124. The predicted octanol–water partition coefficient (Wildman–Crippen LogP) is 1.97. The molecule has 168 valence electrons. The molecule has 1 saturated heterocycles. The lowest BCUT2D eigenvalue weighted by atomic mass is 10.0. The van der Waals surface area contributed by atoms with Gasteiger partial charge in [0.2, 0.25) is 0 Å². The zero-order chi connectivity index (χ0) is 23.3. The van der Waals surface area contributed by atoms with Gasteiger partial charge < -0.3 is 20.2 Å². The Morgan fingerprint density at radius 2 is 1.94 bits per heavy atom. The molecule has 0 radical (unpaired) electrons. The number of hydrogen-bond donors (Lipinski definition) is 2. The van der Waals surface area contributed by atoms with Crippen molar-refractivity contribution in [2.45, 2.75) is 45.1 Å². The van der Waals surface area contributed by atoms with Crippen LogP contribution in [0.5, 0.6) is 0 Å². The summed E-state index contributed by atoms with van der Waals surface area (Å²) in [6, 6.07) is 1.63. The summed E-state index contributed by atoms with van der Waals surface area (Å²) in [5.41, 5.74) is 0.616. The van der Waals surface area contributed by atoms with Crippen LogP contribution >= 0.6 is 0 Å². The van der Waals surface area contributed by atoms with E-state index in [0.29, 0.717) is 23.5 Å². The first-order valence-electron chi connectivity index (χ1n) is 9.81. The van der Waals surface area contributed by atoms with Gasteiger partial charge in [-0.1, -0.05) is 0 Å². The molecule has 4 rings (SSSR count). The van der Waals surface area contributed by atoms with Crippen LogP contribution in [0.1, 0.15) is 19.5 Å². The molecule has 2 aliphatic heterocycles. The van der Waals surface area contributed by atoms with Crippen LogP contribution in [-0.4, -0.2) is 49.9 Å². The highest BCUT2D eigenvalue weighted by Gasteiger charge is 2.47. The first-order chi connectivity index (χ1) is 15.1. The van der Waals surface area contributed by atoms with Crippen molar-refractivity contribution in [1.29, 1.82) is 5.26 Å². The second-order valence-electron chi connectivity index (χ2n) is 7.87.